The van der Waals surface area contributed by atoms with Gasteiger partial charge < -0.3 is 10.0 Å². The molecular weight excluding hydrogens is 323 g/mol. The minimum Gasteiger partial charge on any atom is -0.480 e. The van der Waals surface area contributed by atoms with Crippen LogP contribution in [0.15, 0.2) is 12.1 Å². The van der Waals surface area contributed by atoms with Crippen LogP contribution in [0.1, 0.15) is 10.4 Å². The SMILES string of the molecule is C#CCN(CC(=O)O)C(=O)c1cc([N+](=O)[O-])cc(Cl)c1Cl. The van der Waals surface area contributed by atoms with E-state index < -0.39 is 29.0 Å². The first kappa shape index (κ1) is 16.8. The Bertz CT molecular complexity index is 654. The average Bonchev–Trinajstić information content (AvgIpc) is 2.39. The second kappa shape index (κ2) is 6.92. The number of non-ortho nitro benzene ring substituents is 1. The van der Waals surface area contributed by atoms with Gasteiger partial charge in [0.1, 0.15) is 6.54 Å². The maximum Gasteiger partial charge on any atom is 0.323 e. The monoisotopic (exact) mass is 330 g/mol. The summed E-state index contributed by atoms with van der Waals surface area (Å²) in [7, 11) is 0. The predicted molar refractivity (Wildman–Crippen MR) is 75.5 cm³/mol. The Hall–Kier alpha value is -2.30. The van der Waals surface area contributed by atoms with E-state index in [4.69, 9.17) is 34.7 Å². The van der Waals surface area contributed by atoms with Crippen molar-refractivity contribution in [3.8, 4) is 12.3 Å². The number of nitro benzene ring substituents is 1. The molecular formula is C12H8Cl2N2O5. The number of nitro groups is 1. The number of rotatable bonds is 5. The first-order valence-corrected chi connectivity index (χ1v) is 6.11. The molecule has 0 unspecified atom stereocenters. The molecule has 1 rings (SSSR count). The zero-order valence-electron chi connectivity index (χ0n) is 10.4. The van der Waals surface area contributed by atoms with Gasteiger partial charge in [-0.05, 0) is 0 Å². The third-order valence-corrected chi connectivity index (χ3v) is 3.15. The van der Waals surface area contributed by atoms with Crippen molar-refractivity contribution in [2.24, 2.45) is 0 Å². The number of nitrogens with zero attached hydrogens (tertiary/aromatic N) is 2. The summed E-state index contributed by atoms with van der Waals surface area (Å²) in [5.41, 5.74) is -0.726. The topological polar surface area (TPSA) is 101 Å². The van der Waals surface area contributed by atoms with Crippen LogP contribution in [-0.4, -0.2) is 39.9 Å². The normalized spacial score (nSPS) is 9.76. The molecule has 0 spiro atoms. The van der Waals surface area contributed by atoms with Gasteiger partial charge in [-0.3, -0.25) is 19.7 Å². The Morgan fingerprint density at radius 3 is 2.52 bits per heavy atom. The fraction of sp³-hybridized carbons (Fsp3) is 0.167. The van der Waals surface area contributed by atoms with Gasteiger partial charge in [0.05, 0.1) is 27.1 Å². The lowest BCUT2D eigenvalue weighted by atomic mass is 10.1. The van der Waals surface area contributed by atoms with E-state index in [1.165, 1.54) is 0 Å². The van der Waals surface area contributed by atoms with E-state index in [0.29, 0.717) is 0 Å². The van der Waals surface area contributed by atoms with Gasteiger partial charge in [-0.2, -0.15) is 0 Å². The summed E-state index contributed by atoms with van der Waals surface area (Å²) in [5, 5.41) is 19.1. The minimum atomic E-state index is -1.29. The molecule has 1 amide bonds. The number of aliphatic carboxylic acids is 1. The zero-order valence-corrected chi connectivity index (χ0v) is 11.9. The number of carbonyl (C=O) groups excluding carboxylic acids is 1. The van der Waals surface area contributed by atoms with Crippen LogP contribution in [0.4, 0.5) is 5.69 Å². The number of carbonyl (C=O) groups is 2. The lowest BCUT2D eigenvalue weighted by molar-refractivity contribution is -0.384. The fourth-order valence-corrected chi connectivity index (χ4v) is 1.88. The van der Waals surface area contributed by atoms with Gasteiger partial charge in [0.25, 0.3) is 11.6 Å². The van der Waals surface area contributed by atoms with E-state index in [-0.39, 0.29) is 22.2 Å². The Balaban J connectivity index is 3.30. The van der Waals surface area contributed by atoms with Gasteiger partial charge in [0.15, 0.2) is 0 Å². The molecule has 0 saturated heterocycles. The van der Waals surface area contributed by atoms with Crippen molar-refractivity contribution in [1.82, 2.24) is 4.90 Å². The fourth-order valence-electron chi connectivity index (χ4n) is 1.48. The maximum atomic E-state index is 12.2. The van der Waals surface area contributed by atoms with Gasteiger partial charge in [-0.25, -0.2) is 0 Å². The summed E-state index contributed by atoms with van der Waals surface area (Å²) >= 11 is 11.6. The molecule has 0 aliphatic heterocycles. The van der Waals surface area contributed by atoms with Gasteiger partial charge >= 0.3 is 5.97 Å². The summed E-state index contributed by atoms with van der Waals surface area (Å²) in [6.45, 7) is -0.957. The van der Waals surface area contributed by atoms with Crippen molar-refractivity contribution < 1.29 is 19.6 Å². The molecule has 1 aromatic rings. The molecule has 0 radical (unpaired) electrons. The molecule has 0 aromatic heterocycles. The van der Waals surface area contributed by atoms with Crippen LogP contribution in [0, 0.1) is 22.5 Å². The quantitative estimate of drug-likeness (QED) is 0.506. The number of benzene rings is 1. The third kappa shape index (κ3) is 4.08. The maximum absolute atomic E-state index is 12.2. The molecule has 0 heterocycles. The van der Waals surface area contributed by atoms with E-state index in [1.807, 2.05) is 0 Å². The molecule has 0 aliphatic rings. The third-order valence-electron chi connectivity index (χ3n) is 2.35. The number of carboxylic acid groups (broad SMARTS) is 1. The smallest absolute Gasteiger partial charge is 0.323 e. The minimum absolute atomic E-state index is 0.190. The highest BCUT2D eigenvalue weighted by atomic mass is 35.5. The van der Waals surface area contributed by atoms with Gasteiger partial charge in [0.2, 0.25) is 0 Å². The van der Waals surface area contributed by atoms with Crippen LogP contribution >= 0.6 is 23.2 Å². The molecule has 0 atom stereocenters. The largest absolute Gasteiger partial charge is 0.480 e. The summed E-state index contributed by atoms with van der Waals surface area (Å²) in [6, 6.07) is 1.91. The first-order valence-electron chi connectivity index (χ1n) is 5.36. The Morgan fingerprint density at radius 2 is 2.05 bits per heavy atom. The standard InChI is InChI=1S/C12H8Cl2N2O5/c1-2-3-15(6-10(17)18)12(19)8-4-7(16(20)21)5-9(13)11(8)14/h1,4-5H,3,6H2,(H,17,18). The molecule has 1 aromatic carbocycles. The predicted octanol–water partition coefficient (Wildman–Crippen LogP) is 2.06. The Morgan fingerprint density at radius 1 is 1.43 bits per heavy atom. The van der Waals surface area contributed by atoms with Crippen LogP contribution in [0.3, 0.4) is 0 Å². The Labute approximate surface area is 129 Å². The molecule has 0 saturated carbocycles. The highest BCUT2D eigenvalue weighted by molar-refractivity contribution is 6.44. The van der Waals surface area contributed by atoms with Crippen LogP contribution in [0.2, 0.25) is 10.0 Å². The number of halogens is 2. The van der Waals surface area contributed by atoms with Crippen molar-refractivity contribution in [3.63, 3.8) is 0 Å². The summed E-state index contributed by atoms with van der Waals surface area (Å²) < 4.78 is 0. The lowest BCUT2D eigenvalue weighted by Crippen LogP contribution is -2.36. The molecule has 21 heavy (non-hydrogen) atoms. The number of hydrogen-bond donors (Lipinski definition) is 1. The van der Waals surface area contributed by atoms with Crippen LogP contribution in [0.5, 0.6) is 0 Å². The number of hydrogen-bond acceptors (Lipinski definition) is 4. The molecule has 1 N–H and O–H groups in total. The number of carboxylic acids is 1. The molecule has 0 aliphatic carbocycles. The van der Waals surface area contributed by atoms with Crippen LogP contribution in [-0.2, 0) is 4.79 Å². The average molecular weight is 331 g/mol. The molecule has 0 fully saturated rings. The lowest BCUT2D eigenvalue weighted by Gasteiger charge is -2.18. The first-order chi connectivity index (χ1) is 9.77. The second-order valence-electron chi connectivity index (χ2n) is 3.81. The number of amides is 1. The number of terminal acetylenes is 1. The van der Waals surface area contributed by atoms with Gasteiger partial charge in [0, 0.05) is 12.1 Å². The zero-order chi connectivity index (χ0) is 16.2. The summed E-state index contributed by atoms with van der Waals surface area (Å²) in [5.74, 6) is -0.0144. The van der Waals surface area contributed by atoms with Crippen molar-refractivity contribution in [2.75, 3.05) is 13.1 Å². The highest BCUT2D eigenvalue weighted by Crippen LogP contribution is 2.31. The molecule has 9 heteroatoms. The van der Waals surface area contributed by atoms with Crippen molar-refractivity contribution in [1.29, 1.82) is 0 Å². The summed E-state index contributed by atoms with van der Waals surface area (Å²) in [6.07, 6.45) is 5.06. The van der Waals surface area contributed by atoms with Crippen molar-refractivity contribution in [2.45, 2.75) is 0 Å². The van der Waals surface area contributed by atoms with Crippen molar-refractivity contribution >= 4 is 40.8 Å². The molecule has 0 bridgehead atoms. The van der Waals surface area contributed by atoms with Gasteiger partial charge in [-0.15, -0.1) is 6.42 Å². The Kier molecular flexibility index (Phi) is 5.52. The summed E-state index contributed by atoms with van der Waals surface area (Å²) in [4.78, 5) is 33.8. The van der Waals surface area contributed by atoms with E-state index in [0.717, 1.165) is 17.0 Å². The van der Waals surface area contributed by atoms with E-state index in [1.54, 1.807) is 0 Å². The van der Waals surface area contributed by atoms with E-state index in [9.17, 15) is 19.7 Å². The van der Waals surface area contributed by atoms with Crippen LogP contribution < -0.4 is 0 Å². The van der Waals surface area contributed by atoms with E-state index >= 15 is 0 Å². The highest BCUT2D eigenvalue weighted by Gasteiger charge is 2.24. The van der Waals surface area contributed by atoms with Crippen LogP contribution in [0.25, 0.3) is 0 Å². The van der Waals surface area contributed by atoms with E-state index in [2.05, 4.69) is 5.92 Å². The van der Waals surface area contributed by atoms with Crippen molar-refractivity contribution in [3.05, 3.63) is 37.9 Å². The molecule has 7 nitrogen and oxygen atoms in total. The second-order valence-corrected chi connectivity index (χ2v) is 4.59. The van der Waals surface area contributed by atoms with Gasteiger partial charge in [-0.1, -0.05) is 29.1 Å². The molecule has 110 valence electrons.